The van der Waals surface area contributed by atoms with Crippen molar-refractivity contribution in [2.45, 2.75) is 75.2 Å². The van der Waals surface area contributed by atoms with Gasteiger partial charge in [-0.25, -0.2) is 0 Å². The third-order valence-corrected chi connectivity index (χ3v) is 12.1. The minimum atomic E-state index is 0.391. The lowest BCUT2D eigenvalue weighted by molar-refractivity contribution is 0.869. The molecule has 0 aliphatic heterocycles. The molecule has 2 heteroatoms. The molecule has 0 atom stereocenters. The highest BCUT2D eigenvalue weighted by molar-refractivity contribution is 6.24. The summed E-state index contributed by atoms with van der Waals surface area (Å²) in [5.74, 6) is 0.391. The molecule has 2 nitrogen and oxygen atoms in total. The van der Waals surface area contributed by atoms with Crippen molar-refractivity contribution in [3.05, 3.63) is 177 Å². The van der Waals surface area contributed by atoms with Crippen molar-refractivity contribution in [2.24, 2.45) is 0 Å². The largest absolute Gasteiger partial charge is 0.310 e. The van der Waals surface area contributed by atoms with E-state index in [1.54, 1.807) is 0 Å². The van der Waals surface area contributed by atoms with Crippen LogP contribution in [0.3, 0.4) is 0 Å². The maximum Gasteiger partial charge on any atom is 0.0546 e. The summed E-state index contributed by atoms with van der Waals surface area (Å²) in [6.07, 6.45) is 0. The van der Waals surface area contributed by atoms with Gasteiger partial charge >= 0.3 is 0 Å². The molecular formula is C53H52N2. The number of aryl methyl sites for hydroxylation is 8. The summed E-state index contributed by atoms with van der Waals surface area (Å²) in [5, 5.41) is 7.46. The summed E-state index contributed by atoms with van der Waals surface area (Å²) in [6, 6.07) is 48.6. The molecule has 0 saturated carbocycles. The van der Waals surface area contributed by atoms with E-state index < -0.39 is 0 Å². The van der Waals surface area contributed by atoms with Crippen molar-refractivity contribution in [1.29, 1.82) is 0 Å². The molecule has 55 heavy (non-hydrogen) atoms. The van der Waals surface area contributed by atoms with E-state index in [9.17, 15) is 0 Å². The van der Waals surface area contributed by atoms with Gasteiger partial charge in [-0.15, -0.1) is 0 Å². The van der Waals surface area contributed by atoms with Crippen molar-refractivity contribution in [3.8, 4) is 0 Å². The highest BCUT2D eigenvalue weighted by atomic mass is 15.2. The molecule has 0 amide bonds. The van der Waals surface area contributed by atoms with Crippen molar-refractivity contribution >= 4 is 66.4 Å². The van der Waals surface area contributed by atoms with E-state index in [4.69, 9.17) is 0 Å². The van der Waals surface area contributed by atoms with Crippen LogP contribution in [0.2, 0.25) is 0 Å². The Kier molecular flexibility index (Phi) is 9.26. The Morgan fingerprint density at radius 2 is 0.673 bits per heavy atom. The monoisotopic (exact) mass is 716 g/mol. The predicted molar refractivity (Wildman–Crippen MR) is 240 cm³/mol. The van der Waals surface area contributed by atoms with Gasteiger partial charge in [0, 0.05) is 33.5 Å². The van der Waals surface area contributed by atoms with Crippen LogP contribution in [-0.4, -0.2) is 0 Å². The minimum Gasteiger partial charge on any atom is -0.310 e. The van der Waals surface area contributed by atoms with Crippen molar-refractivity contribution in [2.75, 3.05) is 9.80 Å². The summed E-state index contributed by atoms with van der Waals surface area (Å²) in [5.41, 5.74) is 18.7. The number of benzene rings is 8. The second kappa shape index (κ2) is 14.1. The fourth-order valence-electron chi connectivity index (χ4n) is 8.02. The normalized spacial score (nSPS) is 11.6. The fourth-order valence-corrected chi connectivity index (χ4v) is 8.02. The SMILES string of the molecule is Cc1ccc(N(c2ccc(C)c(C)c2)c2cc3c4ccc(C(C)C)cc4c(N(c4ccc(C)c(C)c4)c4ccc(C)c(C)c4)cc3c3ccccc23)cc1C. The topological polar surface area (TPSA) is 6.48 Å². The summed E-state index contributed by atoms with van der Waals surface area (Å²) in [4.78, 5) is 4.96. The van der Waals surface area contributed by atoms with Gasteiger partial charge in [-0.2, -0.15) is 0 Å². The first-order valence-corrected chi connectivity index (χ1v) is 19.7. The zero-order valence-corrected chi connectivity index (χ0v) is 34.1. The van der Waals surface area contributed by atoms with Crippen LogP contribution in [0, 0.1) is 55.4 Å². The Labute approximate surface area is 327 Å². The number of hydrogen-bond acceptors (Lipinski definition) is 2. The van der Waals surface area contributed by atoms with E-state index in [2.05, 4.69) is 206 Å². The zero-order valence-electron chi connectivity index (χ0n) is 34.1. The van der Waals surface area contributed by atoms with Gasteiger partial charge in [0.2, 0.25) is 0 Å². The van der Waals surface area contributed by atoms with Crippen molar-refractivity contribution in [1.82, 2.24) is 0 Å². The Bertz CT molecular complexity index is 2680. The highest BCUT2D eigenvalue weighted by Gasteiger charge is 2.23. The molecule has 0 fully saturated rings. The summed E-state index contributed by atoms with van der Waals surface area (Å²) >= 11 is 0. The molecule has 0 radical (unpaired) electrons. The average Bonchev–Trinajstić information content (AvgIpc) is 3.17. The van der Waals surface area contributed by atoms with Crippen LogP contribution in [-0.2, 0) is 0 Å². The van der Waals surface area contributed by atoms with Gasteiger partial charge in [-0.3, -0.25) is 0 Å². The molecule has 0 aromatic heterocycles. The molecule has 0 bridgehead atoms. The highest BCUT2D eigenvalue weighted by Crippen LogP contribution is 2.48. The van der Waals surface area contributed by atoms with Crippen LogP contribution >= 0.6 is 0 Å². The average molecular weight is 717 g/mol. The number of fused-ring (bicyclic) bond motifs is 5. The third kappa shape index (κ3) is 6.44. The molecule has 0 aliphatic rings. The van der Waals surface area contributed by atoms with E-state index >= 15 is 0 Å². The Balaban J connectivity index is 1.51. The zero-order chi connectivity index (χ0) is 38.7. The maximum atomic E-state index is 2.49. The lowest BCUT2D eigenvalue weighted by atomic mass is 9.91. The summed E-state index contributed by atoms with van der Waals surface area (Å²) in [6.45, 7) is 22.2. The number of hydrogen-bond donors (Lipinski definition) is 0. The molecule has 8 rings (SSSR count). The van der Waals surface area contributed by atoms with Gasteiger partial charge < -0.3 is 9.80 Å². The minimum absolute atomic E-state index is 0.391. The summed E-state index contributed by atoms with van der Waals surface area (Å²) < 4.78 is 0. The first kappa shape index (κ1) is 36.1. The lowest BCUT2D eigenvalue weighted by Gasteiger charge is -2.31. The van der Waals surface area contributed by atoms with E-state index in [0.717, 1.165) is 11.4 Å². The van der Waals surface area contributed by atoms with Crippen LogP contribution in [0.15, 0.2) is 127 Å². The quantitative estimate of drug-likeness (QED) is 0.152. The van der Waals surface area contributed by atoms with E-state index in [-0.39, 0.29) is 0 Å². The standard InChI is InChI=1S/C53H52N2/c1-32(2)41-19-24-47-50-30-52(54(42-20-15-33(3)37(7)25-42)43-21-16-34(4)38(8)26-43)48-14-12-11-13-46(48)49(50)31-53(51(47)29-41)55(44-22-17-35(5)39(9)27-44)45-23-18-36(6)40(10)28-45/h11-32H,1-10H3. The van der Waals surface area contributed by atoms with Gasteiger partial charge in [-0.1, -0.05) is 74.5 Å². The molecule has 8 aromatic rings. The Hall–Kier alpha value is -5.86. The molecule has 0 N–H and O–H groups in total. The molecule has 0 saturated heterocycles. The van der Waals surface area contributed by atoms with Crippen LogP contribution in [0.25, 0.3) is 32.3 Å². The van der Waals surface area contributed by atoms with Crippen LogP contribution < -0.4 is 9.80 Å². The summed E-state index contributed by atoms with van der Waals surface area (Å²) in [7, 11) is 0. The van der Waals surface area contributed by atoms with Crippen LogP contribution in [0.1, 0.15) is 69.8 Å². The second-order valence-corrected chi connectivity index (χ2v) is 16.1. The molecule has 274 valence electrons. The molecule has 8 aromatic carbocycles. The van der Waals surface area contributed by atoms with E-state index in [1.807, 2.05) is 0 Å². The van der Waals surface area contributed by atoms with Crippen LogP contribution in [0.5, 0.6) is 0 Å². The predicted octanol–water partition coefficient (Wildman–Crippen LogP) is 15.7. The maximum absolute atomic E-state index is 2.49. The van der Waals surface area contributed by atoms with E-state index in [0.29, 0.717) is 5.92 Å². The molecule has 0 heterocycles. The second-order valence-electron chi connectivity index (χ2n) is 16.1. The van der Waals surface area contributed by atoms with Gasteiger partial charge in [0.05, 0.1) is 11.4 Å². The Morgan fingerprint density at radius 1 is 0.309 bits per heavy atom. The fraction of sp³-hybridized carbons (Fsp3) is 0.208. The van der Waals surface area contributed by atoms with E-state index in [1.165, 1.54) is 105 Å². The molecule has 0 spiro atoms. The first-order chi connectivity index (χ1) is 26.4. The van der Waals surface area contributed by atoms with Crippen LogP contribution in [0.4, 0.5) is 34.1 Å². The lowest BCUT2D eigenvalue weighted by Crippen LogP contribution is -2.13. The van der Waals surface area contributed by atoms with Crippen molar-refractivity contribution < 1.29 is 0 Å². The molecule has 0 aliphatic carbocycles. The van der Waals surface area contributed by atoms with Gasteiger partial charge in [-0.05, 0) is 200 Å². The first-order valence-electron chi connectivity index (χ1n) is 19.7. The van der Waals surface area contributed by atoms with Gasteiger partial charge in [0.1, 0.15) is 0 Å². The Morgan fingerprint density at radius 3 is 1.05 bits per heavy atom. The number of anilines is 6. The number of rotatable bonds is 7. The number of nitrogens with zero attached hydrogens (tertiary/aromatic N) is 2. The van der Waals surface area contributed by atoms with Gasteiger partial charge in [0.25, 0.3) is 0 Å². The van der Waals surface area contributed by atoms with Gasteiger partial charge in [0.15, 0.2) is 0 Å². The molecular weight excluding hydrogens is 665 g/mol. The molecule has 0 unspecified atom stereocenters. The smallest absolute Gasteiger partial charge is 0.0546 e. The van der Waals surface area contributed by atoms with Crippen molar-refractivity contribution in [3.63, 3.8) is 0 Å². The third-order valence-electron chi connectivity index (χ3n) is 12.1.